The Labute approximate surface area is 106 Å². The second-order valence-electron chi connectivity index (χ2n) is 4.60. The highest BCUT2D eigenvalue weighted by atomic mass is 16.6. The van der Waals surface area contributed by atoms with Crippen molar-refractivity contribution in [3.8, 4) is 11.5 Å². The summed E-state index contributed by atoms with van der Waals surface area (Å²) in [7, 11) is 0. The quantitative estimate of drug-likeness (QED) is 0.903. The summed E-state index contributed by atoms with van der Waals surface area (Å²) in [5.74, 6) is 1.65. The molecule has 0 atom stereocenters. The zero-order valence-electron chi connectivity index (χ0n) is 10.5. The largest absolute Gasteiger partial charge is 0.486 e. The van der Waals surface area contributed by atoms with E-state index in [0.717, 1.165) is 30.0 Å². The molecule has 0 saturated heterocycles. The average Bonchev–Trinajstić information content (AvgIpc) is 2.70. The summed E-state index contributed by atoms with van der Waals surface area (Å²) in [5.41, 5.74) is 2.37. The van der Waals surface area contributed by atoms with Crippen molar-refractivity contribution >= 4 is 10.9 Å². The van der Waals surface area contributed by atoms with E-state index in [2.05, 4.69) is 23.8 Å². The number of aliphatic hydroxyl groups is 1. The van der Waals surface area contributed by atoms with Crippen LogP contribution in [0.15, 0.2) is 18.3 Å². The molecule has 96 valence electrons. The number of hydrogen-bond donors (Lipinski definition) is 1. The van der Waals surface area contributed by atoms with Gasteiger partial charge < -0.3 is 19.1 Å². The number of aromatic nitrogens is 1. The van der Waals surface area contributed by atoms with Gasteiger partial charge >= 0.3 is 0 Å². The fraction of sp³-hybridized carbons (Fsp3) is 0.429. The SMILES string of the molecule is Cc1cn(CCCO)c2cc3c(cc12)OCCO3. The number of rotatable bonds is 3. The zero-order valence-corrected chi connectivity index (χ0v) is 10.5. The molecule has 0 aliphatic carbocycles. The predicted molar refractivity (Wildman–Crippen MR) is 69.4 cm³/mol. The van der Waals surface area contributed by atoms with Gasteiger partial charge in [-0.15, -0.1) is 0 Å². The molecule has 3 rings (SSSR count). The molecule has 0 bridgehead atoms. The van der Waals surface area contributed by atoms with Crippen LogP contribution in [0.25, 0.3) is 10.9 Å². The van der Waals surface area contributed by atoms with Crippen molar-refractivity contribution in [2.75, 3.05) is 19.8 Å². The zero-order chi connectivity index (χ0) is 12.5. The van der Waals surface area contributed by atoms with Crippen molar-refractivity contribution < 1.29 is 14.6 Å². The summed E-state index contributed by atoms with van der Waals surface area (Å²) in [6, 6.07) is 4.09. The van der Waals surface area contributed by atoms with Gasteiger partial charge in [0.25, 0.3) is 0 Å². The Bertz CT molecular complexity index is 574. The minimum atomic E-state index is 0.212. The Hall–Kier alpha value is -1.68. The molecule has 0 radical (unpaired) electrons. The van der Waals surface area contributed by atoms with Crippen LogP contribution in [0.2, 0.25) is 0 Å². The molecule has 2 heterocycles. The molecule has 1 aliphatic rings. The van der Waals surface area contributed by atoms with Gasteiger partial charge in [-0.2, -0.15) is 0 Å². The van der Waals surface area contributed by atoms with E-state index in [9.17, 15) is 0 Å². The van der Waals surface area contributed by atoms with Gasteiger partial charge in [0.1, 0.15) is 13.2 Å². The smallest absolute Gasteiger partial charge is 0.163 e. The second-order valence-corrected chi connectivity index (χ2v) is 4.60. The first-order chi connectivity index (χ1) is 8.79. The van der Waals surface area contributed by atoms with Crippen LogP contribution in [0.1, 0.15) is 12.0 Å². The monoisotopic (exact) mass is 247 g/mol. The number of ether oxygens (including phenoxy) is 2. The predicted octanol–water partition coefficient (Wildman–Crippen LogP) is 2.10. The van der Waals surface area contributed by atoms with Crippen molar-refractivity contribution in [2.45, 2.75) is 19.9 Å². The summed E-state index contributed by atoms with van der Waals surface area (Å²) in [6.45, 7) is 4.34. The van der Waals surface area contributed by atoms with E-state index >= 15 is 0 Å². The highest BCUT2D eigenvalue weighted by Crippen LogP contribution is 2.36. The van der Waals surface area contributed by atoms with Crippen LogP contribution in [-0.4, -0.2) is 29.5 Å². The summed E-state index contributed by atoms with van der Waals surface area (Å²) < 4.78 is 13.4. The van der Waals surface area contributed by atoms with Crippen molar-refractivity contribution in [3.05, 3.63) is 23.9 Å². The highest BCUT2D eigenvalue weighted by molar-refractivity contribution is 5.87. The molecule has 1 aromatic carbocycles. The molecule has 1 N–H and O–H groups in total. The minimum absolute atomic E-state index is 0.212. The molecule has 0 spiro atoms. The third kappa shape index (κ3) is 1.82. The Balaban J connectivity index is 2.10. The van der Waals surface area contributed by atoms with Gasteiger partial charge in [0, 0.05) is 30.8 Å². The maximum atomic E-state index is 8.94. The van der Waals surface area contributed by atoms with Gasteiger partial charge in [0.15, 0.2) is 11.5 Å². The molecule has 0 amide bonds. The first-order valence-electron chi connectivity index (χ1n) is 6.29. The Morgan fingerprint density at radius 2 is 1.94 bits per heavy atom. The van der Waals surface area contributed by atoms with Crippen molar-refractivity contribution in [2.24, 2.45) is 0 Å². The summed E-state index contributed by atoms with van der Waals surface area (Å²) in [6.07, 6.45) is 2.88. The van der Waals surface area contributed by atoms with Gasteiger partial charge in [0.05, 0.1) is 5.52 Å². The maximum Gasteiger partial charge on any atom is 0.163 e. The molecular weight excluding hydrogens is 230 g/mol. The number of fused-ring (bicyclic) bond motifs is 2. The average molecular weight is 247 g/mol. The van der Waals surface area contributed by atoms with Gasteiger partial charge in [-0.25, -0.2) is 0 Å². The molecular formula is C14H17NO3. The second kappa shape index (κ2) is 4.53. The van der Waals surface area contributed by atoms with Crippen molar-refractivity contribution in [1.29, 1.82) is 0 Å². The molecule has 0 saturated carbocycles. The van der Waals surface area contributed by atoms with Crippen LogP contribution in [0.4, 0.5) is 0 Å². The van der Waals surface area contributed by atoms with Crippen molar-refractivity contribution in [3.63, 3.8) is 0 Å². The molecule has 0 unspecified atom stereocenters. The number of aliphatic hydroxyl groups excluding tert-OH is 1. The minimum Gasteiger partial charge on any atom is -0.486 e. The van der Waals surface area contributed by atoms with E-state index in [4.69, 9.17) is 14.6 Å². The molecule has 0 fully saturated rings. The number of nitrogens with zero attached hydrogens (tertiary/aromatic N) is 1. The Kier molecular flexibility index (Phi) is 2.88. The lowest BCUT2D eigenvalue weighted by atomic mass is 10.1. The van der Waals surface area contributed by atoms with E-state index in [0.29, 0.717) is 13.2 Å². The van der Waals surface area contributed by atoms with Gasteiger partial charge in [-0.1, -0.05) is 0 Å². The number of aryl methyl sites for hydroxylation is 2. The Morgan fingerprint density at radius 3 is 2.67 bits per heavy atom. The molecule has 2 aromatic rings. The number of benzene rings is 1. The molecule has 4 nitrogen and oxygen atoms in total. The van der Waals surface area contributed by atoms with Crippen LogP contribution in [0.3, 0.4) is 0 Å². The molecule has 1 aliphatic heterocycles. The van der Waals surface area contributed by atoms with Crippen LogP contribution in [0, 0.1) is 6.92 Å². The van der Waals surface area contributed by atoms with Gasteiger partial charge in [0.2, 0.25) is 0 Å². The fourth-order valence-corrected chi connectivity index (χ4v) is 2.43. The lowest BCUT2D eigenvalue weighted by Gasteiger charge is -2.18. The van der Waals surface area contributed by atoms with Crippen LogP contribution in [-0.2, 0) is 6.54 Å². The number of hydrogen-bond acceptors (Lipinski definition) is 3. The van der Waals surface area contributed by atoms with Crippen LogP contribution < -0.4 is 9.47 Å². The van der Waals surface area contributed by atoms with E-state index in [-0.39, 0.29) is 6.61 Å². The van der Waals surface area contributed by atoms with E-state index in [1.165, 1.54) is 10.9 Å². The summed E-state index contributed by atoms with van der Waals surface area (Å²) >= 11 is 0. The third-order valence-corrected chi connectivity index (χ3v) is 3.30. The lowest BCUT2D eigenvalue weighted by molar-refractivity contribution is 0.172. The van der Waals surface area contributed by atoms with Gasteiger partial charge in [-0.3, -0.25) is 0 Å². The van der Waals surface area contributed by atoms with Crippen LogP contribution >= 0.6 is 0 Å². The first kappa shape index (κ1) is 11.4. The molecule has 4 heteroatoms. The van der Waals surface area contributed by atoms with E-state index in [1.54, 1.807) is 0 Å². The van der Waals surface area contributed by atoms with E-state index in [1.807, 2.05) is 6.07 Å². The van der Waals surface area contributed by atoms with Gasteiger partial charge in [-0.05, 0) is 25.0 Å². The first-order valence-corrected chi connectivity index (χ1v) is 6.29. The lowest BCUT2D eigenvalue weighted by Crippen LogP contribution is -2.15. The summed E-state index contributed by atoms with van der Waals surface area (Å²) in [4.78, 5) is 0. The molecule has 1 aromatic heterocycles. The van der Waals surface area contributed by atoms with Crippen molar-refractivity contribution in [1.82, 2.24) is 4.57 Å². The van der Waals surface area contributed by atoms with E-state index < -0.39 is 0 Å². The topological polar surface area (TPSA) is 43.6 Å². The fourth-order valence-electron chi connectivity index (χ4n) is 2.43. The van der Waals surface area contributed by atoms with Crippen LogP contribution in [0.5, 0.6) is 11.5 Å². The third-order valence-electron chi connectivity index (χ3n) is 3.30. The highest BCUT2D eigenvalue weighted by Gasteiger charge is 2.15. The Morgan fingerprint density at radius 1 is 1.22 bits per heavy atom. The normalized spacial score (nSPS) is 14.1. The maximum absolute atomic E-state index is 8.94. The summed E-state index contributed by atoms with van der Waals surface area (Å²) in [5, 5.41) is 10.1. The molecule has 18 heavy (non-hydrogen) atoms. The standard InChI is InChI=1S/C14H17NO3/c1-10-9-15(3-2-4-16)12-8-14-13(7-11(10)12)17-5-6-18-14/h7-9,16H,2-6H2,1H3.